The van der Waals surface area contributed by atoms with Crippen molar-refractivity contribution in [1.82, 2.24) is 4.98 Å². The second-order valence-electron chi connectivity index (χ2n) is 8.88. The van der Waals surface area contributed by atoms with Crippen molar-refractivity contribution in [3.05, 3.63) is 53.1 Å². The number of fused-ring (bicyclic) bond motifs is 1. The Kier molecular flexibility index (Phi) is 3.87. The van der Waals surface area contributed by atoms with E-state index in [2.05, 4.69) is 44.8 Å². The van der Waals surface area contributed by atoms with Crippen molar-refractivity contribution in [2.24, 2.45) is 5.92 Å². The Labute approximate surface area is 154 Å². The van der Waals surface area contributed by atoms with Crippen molar-refractivity contribution in [3.63, 3.8) is 0 Å². The summed E-state index contributed by atoms with van der Waals surface area (Å²) in [6, 6.07) is 7.63. The molecule has 0 N–H and O–H groups in total. The van der Waals surface area contributed by atoms with Gasteiger partial charge in [-0.05, 0) is 64.3 Å². The molecule has 0 bridgehead atoms. The topological polar surface area (TPSA) is 12.9 Å². The lowest BCUT2D eigenvalue weighted by atomic mass is 9.63. The molecule has 0 unspecified atom stereocenters. The van der Waals surface area contributed by atoms with Crippen LogP contribution >= 0.6 is 0 Å². The summed E-state index contributed by atoms with van der Waals surface area (Å²) >= 11 is 0. The largest absolute Gasteiger partial charge is 0.228 e. The molecule has 0 fully saturated rings. The molecule has 3 rings (SSSR count). The summed E-state index contributed by atoms with van der Waals surface area (Å²) in [4.78, 5) is 3.83. The Morgan fingerprint density at radius 3 is 2.36 bits per heavy atom. The van der Waals surface area contributed by atoms with Gasteiger partial charge in [-0.15, -0.1) is 0 Å². The lowest BCUT2D eigenvalue weighted by molar-refractivity contribution is 0.332. The summed E-state index contributed by atoms with van der Waals surface area (Å²) in [5.74, 6) is -0.913. The second kappa shape index (κ2) is 6.23. The predicted molar refractivity (Wildman–Crippen MR) is 103 cm³/mol. The van der Waals surface area contributed by atoms with Gasteiger partial charge in [0.2, 0.25) is 5.95 Å². The van der Waals surface area contributed by atoms with Gasteiger partial charge in [0.15, 0.2) is 0 Å². The van der Waals surface area contributed by atoms with Crippen molar-refractivity contribution in [2.45, 2.75) is 71.6 Å². The summed E-state index contributed by atoms with van der Waals surface area (Å²) in [7, 11) is 0. The summed E-state index contributed by atoms with van der Waals surface area (Å²) in [5, 5.41) is 0. The van der Waals surface area contributed by atoms with E-state index in [1.165, 1.54) is 23.4 Å². The zero-order valence-corrected chi connectivity index (χ0v) is 16.2. The van der Waals surface area contributed by atoms with Gasteiger partial charge in [0.05, 0.1) is 0 Å². The van der Waals surface area contributed by atoms with Crippen LogP contribution in [0.1, 0.15) is 73.8 Å². The molecule has 2 heteroatoms. The number of pyridine rings is 1. The van der Waals surface area contributed by atoms with Crippen LogP contribution in [0.25, 0.3) is 11.1 Å². The number of nitrogens with zero attached hydrogens (tertiary/aromatic N) is 1. The SMILES string of the molecule is [2H]C([2H])(c1cc(F)ncc1-c1ccc2c(c1)C(C)(C)CCC2(C)C)C(C)C. The second-order valence-corrected chi connectivity index (χ2v) is 8.88. The third-order valence-corrected chi connectivity index (χ3v) is 5.48. The Bertz CT molecular complexity index is 869. The molecule has 0 spiro atoms. The molecule has 134 valence electrons. The first-order valence-corrected chi connectivity index (χ1v) is 9.18. The van der Waals surface area contributed by atoms with Gasteiger partial charge >= 0.3 is 0 Å². The third kappa shape index (κ3) is 3.49. The van der Waals surface area contributed by atoms with Crippen LogP contribution in [0.5, 0.6) is 0 Å². The normalized spacial score (nSPS) is 20.0. The van der Waals surface area contributed by atoms with E-state index in [0.717, 1.165) is 18.4 Å². The maximum absolute atomic E-state index is 13.9. The summed E-state index contributed by atoms with van der Waals surface area (Å²) in [5.41, 5.74) is 4.80. The summed E-state index contributed by atoms with van der Waals surface area (Å²) in [6.45, 7) is 12.7. The molecule has 0 atom stereocenters. The molecule has 2 aromatic rings. The number of hydrogen-bond donors (Lipinski definition) is 0. The van der Waals surface area contributed by atoms with E-state index < -0.39 is 12.3 Å². The van der Waals surface area contributed by atoms with Crippen molar-refractivity contribution in [3.8, 4) is 11.1 Å². The minimum atomic E-state index is -1.64. The molecule has 0 aliphatic heterocycles. The zero-order chi connectivity index (χ0) is 20.2. The molecule has 1 aromatic heterocycles. The van der Waals surface area contributed by atoms with Crippen LogP contribution in [-0.2, 0) is 17.2 Å². The molecule has 0 radical (unpaired) electrons. The van der Waals surface area contributed by atoms with Crippen molar-refractivity contribution < 1.29 is 7.13 Å². The van der Waals surface area contributed by atoms with Gasteiger partial charge in [-0.2, -0.15) is 4.39 Å². The molecule has 1 aliphatic rings. The Morgan fingerprint density at radius 1 is 1.08 bits per heavy atom. The number of rotatable bonds is 3. The van der Waals surface area contributed by atoms with Gasteiger partial charge in [-0.25, -0.2) is 4.98 Å². The van der Waals surface area contributed by atoms with Crippen LogP contribution in [-0.4, -0.2) is 4.98 Å². The molecule has 0 saturated carbocycles. The Morgan fingerprint density at radius 2 is 1.72 bits per heavy atom. The Hall–Kier alpha value is -1.70. The molecule has 1 aliphatic carbocycles. The van der Waals surface area contributed by atoms with E-state index in [9.17, 15) is 4.39 Å². The molecule has 0 amide bonds. The highest BCUT2D eigenvalue weighted by atomic mass is 19.1. The molecule has 1 aromatic carbocycles. The fraction of sp³-hybridized carbons (Fsp3) is 0.522. The minimum absolute atomic E-state index is 0.0611. The molecule has 1 heterocycles. The maximum Gasteiger partial charge on any atom is 0.213 e. The van der Waals surface area contributed by atoms with E-state index >= 15 is 0 Å². The van der Waals surface area contributed by atoms with Gasteiger partial charge in [-0.1, -0.05) is 59.7 Å². The van der Waals surface area contributed by atoms with Gasteiger partial charge in [0.25, 0.3) is 0 Å². The van der Waals surface area contributed by atoms with Crippen LogP contribution in [0.15, 0.2) is 30.5 Å². The quantitative estimate of drug-likeness (QED) is 0.586. The minimum Gasteiger partial charge on any atom is -0.228 e. The number of hydrogen-bond acceptors (Lipinski definition) is 1. The first-order chi connectivity index (χ1) is 12.4. The van der Waals surface area contributed by atoms with Crippen molar-refractivity contribution in [2.75, 3.05) is 0 Å². The molecular weight excluding hydrogens is 309 g/mol. The van der Waals surface area contributed by atoms with Crippen LogP contribution in [0.3, 0.4) is 0 Å². The molecule has 25 heavy (non-hydrogen) atoms. The first-order valence-electron chi connectivity index (χ1n) is 10.2. The molecule has 1 nitrogen and oxygen atoms in total. The van der Waals surface area contributed by atoms with Gasteiger partial charge in [-0.3, -0.25) is 0 Å². The maximum atomic E-state index is 13.9. The van der Waals surface area contributed by atoms with E-state index in [4.69, 9.17) is 2.74 Å². The van der Waals surface area contributed by atoms with E-state index in [0.29, 0.717) is 11.1 Å². The highest BCUT2D eigenvalue weighted by Crippen LogP contribution is 2.47. The Balaban J connectivity index is 2.23. The average Bonchev–Trinajstić information content (AvgIpc) is 2.58. The van der Waals surface area contributed by atoms with Gasteiger partial charge in [0.1, 0.15) is 0 Å². The van der Waals surface area contributed by atoms with Crippen LogP contribution in [0, 0.1) is 11.9 Å². The standard InChI is InChI=1S/C23H30FN/c1-15(2)11-17-13-21(24)25-14-18(17)16-7-8-19-20(12-16)23(5,6)10-9-22(19,3)4/h7-8,12-15H,9-11H2,1-6H3/i11D2. The van der Waals surface area contributed by atoms with Crippen LogP contribution in [0.4, 0.5) is 4.39 Å². The fourth-order valence-electron chi connectivity index (χ4n) is 3.85. The van der Waals surface area contributed by atoms with Crippen LogP contribution < -0.4 is 0 Å². The number of aromatic nitrogens is 1. The lowest BCUT2D eigenvalue weighted by Crippen LogP contribution is -2.33. The monoisotopic (exact) mass is 341 g/mol. The first kappa shape index (κ1) is 15.5. The summed E-state index contributed by atoms with van der Waals surface area (Å²) < 4.78 is 30.9. The lowest BCUT2D eigenvalue weighted by Gasteiger charge is -2.42. The summed E-state index contributed by atoms with van der Waals surface area (Å²) in [6.07, 6.45) is 2.10. The number of benzene rings is 1. The average molecular weight is 342 g/mol. The smallest absolute Gasteiger partial charge is 0.213 e. The fourth-order valence-corrected chi connectivity index (χ4v) is 3.85. The molecule has 0 saturated heterocycles. The third-order valence-electron chi connectivity index (χ3n) is 5.48. The van der Waals surface area contributed by atoms with E-state index in [1.807, 2.05) is 19.9 Å². The van der Waals surface area contributed by atoms with E-state index in [1.54, 1.807) is 0 Å². The molecular formula is C23H30FN. The predicted octanol–water partition coefficient (Wildman–Crippen LogP) is 6.44. The van der Waals surface area contributed by atoms with Gasteiger partial charge in [0, 0.05) is 14.5 Å². The van der Waals surface area contributed by atoms with Gasteiger partial charge < -0.3 is 0 Å². The highest BCUT2D eigenvalue weighted by molar-refractivity contribution is 5.69. The zero-order valence-electron chi connectivity index (χ0n) is 18.2. The highest BCUT2D eigenvalue weighted by Gasteiger charge is 2.37. The van der Waals surface area contributed by atoms with Crippen LogP contribution in [0.2, 0.25) is 0 Å². The van der Waals surface area contributed by atoms with Crippen molar-refractivity contribution >= 4 is 0 Å². The van der Waals surface area contributed by atoms with Crippen molar-refractivity contribution in [1.29, 1.82) is 0 Å². The van der Waals surface area contributed by atoms with E-state index in [-0.39, 0.29) is 16.7 Å². The number of halogens is 1.